The van der Waals surface area contributed by atoms with Crippen LogP contribution in [0, 0.1) is 0 Å². The van der Waals surface area contributed by atoms with Crippen LogP contribution in [0.1, 0.15) is 5.56 Å². The summed E-state index contributed by atoms with van der Waals surface area (Å²) in [5.41, 5.74) is 1.28. The molecular weight excluding hydrogens is 256 g/mol. The van der Waals surface area contributed by atoms with Gasteiger partial charge in [0.25, 0.3) is 0 Å². The molecule has 1 N–H and O–H groups in total. The second-order valence-corrected chi connectivity index (χ2v) is 5.31. The van der Waals surface area contributed by atoms with Crippen LogP contribution in [0.5, 0.6) is 5.75 Å². The first-order chi connectivity index (χ1) is 9.34. The number of ether oxygens (including phenoxy) is 1. The fourth-order valence-corrected chi connectivity index (χ4v) is 2.56. The van der Waals surface area contributed by atoms with Gasteiger partial charge in [0.05, 0.1) is 6.10 Å². The normalized spacial score (nSPS) is 12.1. The van der Waals surface area contributed by atoms with Crippen molar-refractivity contribution in [3.05, 3.63) is 66.2 Å². The van der Waals surface area contributed by atoms with Crippen LogP contribution in [0.25, 0.3) is 0 Å². The predicted molar refractivity (Wildman–Crippen MR) is 80.5 cm³/mol. The zero-order chi connectivity index (χ0) is 13.3. The SMILES string of the molecule is OC(COc1ccccc1)CSCc1ccccc1. The predicted octanol–water partition coefficient (Wildman–Crippen LogP) is 3.36. The van der Waals surface area contributed by atoms with E-state index < -0.39 is 6.10 Å². The van der Waals surface area contributed by atoms with Crippen molar-refractivity contribution < 1.29 is 9.84 Å². The van der Waals surface area contributed by atoms with Gasteiger partial charge in [0.2, 0.25) is 0 Å². The van der Waals surface area contributed by atoms with E-state index in [-0.39, 0.29) is 0 Å². The van der Waals surface area contributed by atoms with Gasteiger partial charge in [0.15, 0.2) is 0 Å². The van der Waals surface area contributed by atoms with Crippen molar-refractivity contribution in [3.8, 4) is 5.75 Å². The smallest absolute Gasteiger partial charge is 0.119 e. The van der Waals surface area contributed by atoms with Gasteiger partial charge in [-0.25, -0.2) is 0 Å². The van der Waals surface area contributed by atoms with Gasteiger partial charge >= 0.3 is 0 Å². The molecule has 0 aliphatic heterocycles. The molecule has 100 valence electrons. The molecule has 0 aromatic heterocycles. The molecule has 0 aliphatic carbocycles. The van der Waals surface area contributed by atoms with Crippen LogP contribution in [0.15, 0.2) is 60.7 Å². The molecule has 0 fully saturated rings. The highest BCUT2D eigenvalue weighted by molar-refractivity contribution is 7.98. The van der Waals surface area contributed by atoms with Gasteiger partial charge in [0.1, 0.15) is 12.4 Å². The average Bonchev–Trinajstić information content (AvgIpc) is 2.47. The summed E-state index contributed by atoms with van der Waals surface area (Å²) in [5.74, 6) is 2.40. The van der Waals surface area contributed by atoms with E-state index in [0.717, 1.165) is 11.5 Å². The Morgan fingerprint density at radius 1 is 0.947 bits per heavy atom. The first-order valence-electron chi connectivity index (χ1n) is 6.32. The fourth-order valence-electron chi connectivity index (χ4n) is 1.64. The van der Waals surface area contributed by atoms with Gasteiger partial charge in [-0.15, -0.1) is 0 Å². The third-order valence-corrected chi connectivity index (χ3v) is 3.77. The van der Waals surface area contributed by atoms with E-state index in [0.29, 0.717) is 12.4 Å². The summed E-state index contributed by atoms with van der Waals surface area (Å²) in [6.45, 7) is 0.339. The highest BCUT2D eigenvalue weighted by atomic mass is 32.2. The van der Waals surface area contributed by atoms with E-state index in [9.17, 15) is 5.11 Å². The molecule has 19 heavy (non-hydrogen) atoms. The van der Waals surface area contributed by atoms with Crippen LogP contribution in [0.3, 0.4) is 0 Å². The van der Waals surface area contributed by atoms with Crippen LogP contribution >= 0.6 is 11.8 Å². The van der Waals surface area contributed by atoms with Crippen molar-refractivity contribution in [1.82, 2.24) is 0 Å². The lowest BCUT2D eigenvalue weighted by Crippen LogP contribution is -2.20. The molecule has 2 aromatic rings. The maximum atomic E-state index is 9.84. The van der Waals surface area contributed by atoms with Crippen molar-refractivity contribution in [3.63, 3.8) is 0 Å². The number of thioether (sulfide) groups is 1. The van der Waals surface area contributed by atoms with Crippen LogP contribution in [0.4, 0.5) is 0 Å². The molecule has 0 aliphatic rings. The van der Waals surface area contributed by atoms with Gasteiger partial charge in [-0.1, -0.05) is 48.5 Å². The second kappa shape index (κ2) is 7.87. The minimum absolute atomic E-state index is 0.339. The Labute approximate surface area is 118 Å². The number of aliphatic hydroxyl groups is 1. The zero-order valence-electron chi connectivity index (χ0n) is 10.7. The first-order valence-corrected chi connectivity index (χ1v) is 7.47. The lowest BCUT2D eigenvalue weighted by Gasteiger charge is -2.12. The monoisotopic (exact) mass is 274 g/mol. The molecule has 0 amide bonds. The summed E-state index contributed by atoms with van der Waals surface area (Å²) in [5, 5.41) is 9.84. The molecule has 0 saturated heterocycles. The van der Waals surface area contributed by atoms with Crippen LogP contribution in [0.2, 0.25) is 0 Å². The van der Waals surface area contributed by atoms with Gasteiger partial charge in [-0.05, 0) is 17.7 Å². The van der Waals surface area contributed by atoms with Crippen molar-refractivity contribution >= 4 is 11.8 Å². The Morgan fingerprint density at radius 2 is 1.58 bits per heavy atom. The lowest BCUT2D eigenvalue weighted by molar-refractivity contribution is 0.126. The van der Waals surface area contributed by atoms with E-state index in [4.69, 9.17) is 4.74 Å². The maximum absolute atomic E-state index is 9.84. The third-order valence-electron chi connectivity index (χ3n) is 2.61. The van der Waals surface area contributed by atoms with Crippen molar-refractivity contribution in [2.75, 3.05) is 12.4 Å². The topological polar surface area (TPSA) is 29.5 Å². The van der Waals surface area contributed by atoms with E-state index >= 15 is 0 Å². The summed E-state index contributed by atoms with van der Waals surface area (Å²) in [7, 11) is 0. The number of benzene rings is 2. The molecule has 2 aromatic carbocycles. The Bertz CT molecular complexity index is 459. The highest BCUT2D eigenvalue weighted by Gasteiger charge is 2.05. The lowest BCUT2D eigenvalue weighted by atomic mass is 10.2. The van der Waals surface area contributed by atoms with E-state index in [1.165, 1.54) is 5.56 Å². The van der Waals surface area contributed by atoms with Crippen molar-refractivity contribution in [2.45, 2.75) is 11.9 Å². The van der Waals surface area contributed by atoms with Crippen LogP contribution < -0.4 is 4.74 Å². The number of aliphatic hydroxyl groups excluding tert-OH is 1. The molecule has 1 atom stereocenters. The van der Waals surface area contributed by atoms with Crippen LogP contribution in [-0.2, 0) is 5.75 Å². The van der Waals surface area contributed by atoms with Gasteiger partial charge < -0.3 is 9.84 Å². The zero-order valence-corrected chi connectivity index (χ0v) is 11.6. The molecule has 3 heteroatoms. The molecule has 0 heterocycles. The molecule has 1 unspecified atom stereocenters. The van der Waals surface area contributed by atoms with Crippen molar-refractivity contribution in [2.24, 2.45) is 0 Å². The number of hydrogen-bond acceptors (Lipinski definition) is 3. The molecule has 2 rings (SSSR count). The van der Waals surface area contributed by atoms with Crippen LogP contribution in [-0.4, -0.2) is 23.6 Å². The third kappa shape index (κ3) is 5.37. The molecule has 0 radical (unpaired) electrons. The standard InChI is InChI=1S/C16H18O2S/c17-15(11-18-16-9-5-2-6-10-16)13-19-12-14-7-3-1-4-8-14/h1-10,15,17H,11-13H2. The molecular formula is C16H18O2S. The Kier molecular flexibility index (Phi) is 5.79. The maximum Gasteiger partial charge on any atom is 0.119 e. The average molecular weight is 274 g/mol. The highest BCUT2D eigenvalue weighted by Crippen LogP contribution is 2.14. The van der Waals surface area contributed by atoms with Gasteiger partial charge in [-0.3, -0.25) is 0 Å². The Morgan fingerprint density at radius 3 is 2.26 bits per heavy atom. The second-order valence-electron chi connectivity index (χ2n) is 4.28. The summed E-state index contributed by atoms with van der Waals surface area (Å²) in [4.78, 5) is 0. The largest absolute Gasteiger partial charge is 0.491 e. The Balaban J connectivity index is 1.64. The minimum atomic E-state index is -0.436. The van der Waals surface area contributed by atoms with E-state index in [2.05, 4.69) is 12.1 Å². The molecule has 0 spiro atoms. The summed E-state index contributed by atoms with van der Waals surface area (Å²) < 4.78 is 5.51. The van der Waals surface area contributed by atoms with Gasteiger partial charge in [-0.2, -0.15) is 11.8 Å². The molecule has 0 saturated carbocycles. The molecule has 0 bridgehead atoms. The molecule has 2 nitrogen and oxygen atoms in total. The van der Waals surface area contributed by atoms with E-state index in [1.807, 2.05) is 48.5 Å². The number of para-hydroxylation sites is 1. The number of rotatable bonds is 7. The summed E-state index contributed by atoms with van der Waals surface area (Å²) >= 11 is 1.72. The quantitative estimate of drug-likeness (QED) is 0.839. The van der Waals surface area contributed by atoms with E-state index in [1.54, 1.807) is 11.8 Å². The Hall–Kier alpha value is -1.45. The van der Waals surface area contributed by atoms with Crippen molar-refractivity contribution in [1.29, 1.82) is 0 Å². The fraction of sp³-hybridized carbons (Fsp3) is 0.250. The summed E-state index contributed by atoms with van der Waals surface area (Å²) in [6.07, 6.45) is -0.436. The number of hydrogen-bond donors (Lipinski definition) is 1. The minimum Gasteiger partial charge on any atom is -0.491 e. The summed E-state index contributed by atoms with van der Waals surface area (Å²) in [6, 6.07) is 19.8. The first kappa shape index (κ1) is 14.0. The van der Waals surface area contributed by atoms with Gasteiger partial charge in [0, 0.05) is 11.5 Å².